The third kappa shape index (κ3) is 5.30. The molecule has 0 spiro atoms. The van der Waals surface area contributed by atoms with Crippen LogP contribution in [-0.2, 0) is 0 Å². The highest BCUT2D eigenvalue weighted by Gasteiger charge is 2.16. The predicted octanol–water partition coefficient (Wildman–Crippen LogP) is 4.56. The van der Waals surface area contributed by atoms with Crippen molar-refractivity contribution in [3.8, 4) is 0 Å². The average molecular weight is 376 g/mol. The number of halogens is 1. The molecule has 134 valence electrons. The molecule has 1 aliphatic rings. The fourth-order valence-electron chi connectivity index (χ4n) is 3.17. The van der Waals surface area contributed by atoms with Crippen LogP contribution in [0.25, 0.3) is 0 Å². The molecule has 5 heteroatoms. The van der Waals surface area contributed by atoms with Gasteiger partial charge in [-0.05, 0) is 50.2 Å². The van der Waals surface area contributed by atoms with Gasteiger partial charge in [-0.2, -0.15) is 0 Å². The minimum atomic E-state index is 0.724. The molecule has 0 aliphatic carbocycles. The van der Waals surface area contributed by atoms with E-state index in [9.17, 15) is 0 Å². The molecule has 0 unspecified atom stereocenters. The van der Waals surface area contributed by atoms with Crippen LogP contribution in [0.2, 0.25) is 5.02 Å². The van der Waals surface area contributed by atoms with E-state index in [0.29, 0.717) is 0 Å². The molecule has 0 saturated carbocycles. The Morgan fingerprint density at radius 2 is 1.76 bits per heavy atom. The van der Waals surface area contributed by atoms with E-state index < -0.39 is 0 Å². The van der Waals surface area contributed by atoms with Crippen LogP contribution in [0.1, 0.15) is 12.0 Å². The van der Waals surface area contributed by atoms with E-state index in [1.807, 2.05) is 18.2 Å². The summed E-state index contributed by atoms with van der Waals surface area (Å²) in [5.74, 6) is 0. The van der Waals surface area contributed by atoms with E-state index in [1.165, 1.54) is 11.3 Å². The molecule has 1 fully saturated rings. The highest BCUT2D eigenvalue weighted by molar-refractivity contribution is 7.80. The maximum Gasteiger partial charge on any atom is 0.0476 e. The van der Waals surface area contributed by atoms with Crippen LogP contribution < -0.4 is 10.2 Å². The average Bonchev–Trinajstić information content (AvgIpc) is 2.61. The van der Waals surface area contributed by atoms with Crippen LogP contribution >= 0.6 is 24.2 Å². The molecule has 2 aromatic rings. The fourth-order valence-corrected chi connectivity index (χ4v) is 3.71. The molecule has 1 aliphatic heterocycles. The molecule has 3 rings (SSSR count). The van der Waals surface area contributed by atoms with Crippen molar-refractivity contribution in [3.63, 3.8) is 0 Å². The highest BCUT2D eigenvalue weighted by atomic mass is 35.5. The Labute approximate surface area is 161 Å². The smallest absolute Gasteiger partial charge is 0.0476 e. The number of nitrogens with one attached hydrogen (secondary N) is 1. The summed E-state index contributed by atoms with van der Waals surface area (Å²) in [7, 11) is 0. The van der Waals surface area contributed by atoms with Crippen LogP contribution in [0.3, 0.4) is 0 Å². The molecule has 0 atom stereocenters. The van der Waals surface area contributed by atoms with E-state index >= 15 is 0 Å². The summed E-state index contributed by atoms with van der Waals surface area (Å²) in [6.07, 6.45) is 1.13. The molecule has 1 N–H and O–H groups in total. The quantitative estimate of drug-likeness (QED) is 0.570. The van der Waals surface area contributed by atoms with Gasteiger partial charge in [-0.15, -0.1) is 12.6 Å². The van der Waals surface area contributed by atoms with Gasteiger partial charge < -0.3 is 10.2 Å². The molecule has 25 heavy (non-hydrogen) atoms. The Bertz CT molecular complexity index is 682. The van der Waals surface area contributed by atoms with Gasteiger partial charge in [0, 0.05) is 54.0 Å². The van der Waals surface area contributed by atoms with Crippen molar-refractivity contribution in [2.75, 3.05) is 49.5 Å². The van der Waals surface area contributed by atoms with E-state index in [2.05, 4.69) is 58.9 Å². The molecule has 0 aromatic heterocycles. The van der Waals surface area contributed by atoms with Gasteiger partial charge in [0.25, 0.3) is 0 Å². The first kappa shape index (κ1) is 18.4. The summed E-state index contributed by atoms with van der Waals surface area (Å²) in [4.78, 5) is 5.93. The number of nitrogens with zero attached hydrogens (tertiary/aromatic N) is 2. The molecule has 1 saturated heterocycles. The lowest BCUT2D eigenvalue weighted by Crippen LogP contribution is -2.46. The Morgan fingerprint density at radius 1 is 1.04 bits per heavy atom. The second kappa shape index (κ2) is 8.84. The molecule has 0 bridgehead atoms. The second-order valence-corrected chi connectivity index (χ2v) is 7.52. The SMILES string of the molecule is Cc1ccc(N2CCN(CCCNc3ccc(Cl)cc3S)CC2)cc1. The van der Waals surface area contributed by atoms with E-state index in [1.54, 1.807) is 0 Å². The standard InChI is InChI=1S/C20H26ClN3S/c1-16-3-6-18(7-4-16)24-13-11-23(12-14-24)10-2-9-22-19-8-5-17(21)15-20(19)25/h3-8,15,22,25H,2,9-14H2,1H3. The van der Waals surface area contributed by atoms with Gasteiger partial charge >= 0.3 is 0 Å². The highest BCUT2D eigenvalue weighted by Crippen LogP contribution is 2.23. The van der Waals surface area contributed by atoms with Crippen molar-refractivity contribution < 1.29 is 0 Å². The zero-order valence-electron chi connectivity index (χ0n) is 14.7. The number of aryl methyl sites for hydroxylation is 1. The summed E-state index contributed by atoms with van der Waals surface area (Å²) in [5.41, 5.74) is 3.72. The van der Waals surface area contributed by atoms with Crippen LogP contribution in [0.15, 0.2) is 47.4 Å². The third-order valence-electron chi connectivity index (χ3n) is 4.70. The van der Waals surface area contributed by atoms with Crippen molar-refractivity contribution >= 4 is 35.6 Å². The molecule has 1 heterocycles. The van der Waals surface area contributed by atoms with Crippen LogP contribution in [-0.4, -0.2) is 44.2 Å². The van der Waals surface area contributed by atoms with Crippen LogP contribution in [0.4, 0.5) is 11.4 Å². The van der Waals surface area contributed by atoms with Crippen molar-refractivity contribution in [3.05, 3.63) is 53.1 Å². The zero-order valence-corrected chi connectivity index (χ0v) is 16.4. The topological polar surface area (TPSA) is 18.5 Å². The van der Waals surface area contributed by atoms with Gasteiger partial charge in [0.15, 0.2) is 0 Å². The van der Waals surface area contributed by atoms with E-state index in [-0.39, 0.29) is 0 Å². The van der Waals surface area contributed by atoms with E-state index in [0.717, 1.165) is 61.3 Å². The lowest BCUT2D eigenvalue weighted by atomic mass is 10.2. The Hall–Kier alpha value is -1.36. The molecular formula is C20H26ClN3S. The lowest BCUT2D eigenvalue weighted by Gasteiger charge is -2.36. The maximum atomic E-state index is 5.96. The molecule has 3 nitrogen and oxygen atoms in total. The normalized spacial score (nSPS) is 15.4. The first-order valence-corrected chi connectivity index (χ1v) is 9.71. The number of rotatable bonds is 6. The minimum Gasteiger partial charge on any atom is -0.384 e. The van der Waals surface area contributed by atoms with Crippen LogP contribution in [0.5, 0.6) is 0 Å². The number of hydrogen-bond acceptors (Lipinski definition) is 4. The zero-order chi connectivity index (χ0) is 17.6. The number of anilines is 2. The number of piperazine rings is 1. The van der Waals surface area contributed by atoms with E-state index in [4.69, 9.17) is 11.6 Å². The van der Waals surface area contributed by atoms with Gasteiger partial charge in [0.05, 0.1) is 0 Å². The van der Waals surface area contributed by atoms with Crippen LogP contribution in [0, 0.1) is 6.92 Å². The van der Waals surface area contributed by atoms with Gasteiger partial charge in [0.1, 0.15) is 0 Å². The molecule has 2 aromatic carbocycles. The number of hydrogen-bond donors (Lipinski definition) is 2. The Kier molecular flexibility index (Phi) is 6.51. The maximum absolute atomic E-state index is 5.96. The van der Waals surface area contributed by atoms with Crippen molar-refractivity contribution in [1.82, 2.24) is 4.90 Å². The molecule has 0 radical (unpaired) electrons. The first-order chi connectivity index (χ1) is 12.1. The van der Waals surface area contributed by atoms with Gasteiger partial charge in [0.2, 0.25) is 0 Å². The predicted molar refractivity (Wildman–Crippen MR) is 112 cm³/mol. The lowest BCUT2D eigenvalue weighted by molar-refractivity contribution is 0.257. The summed E-state index contributed by atoms with van der Waals surface area (Å²) in [6.45, 7) is 8.69. The van der Waals surface area contributed by atoms with Gasteiger partial charge in [-0.25, -0.2) is 0 Å². The van der Waals surface area contributed by atoms with Crippen molar-refractivity contribution in [1.29, 1.82) is 0 Å². The Balaban J connectivity index is 1.37. The molecular weight excluding hydrogens is 350 g/mol. The number of benzene rings is 2. The van der Waals surface area contributed by atoms with Gasteiger partial charge in [-0.3, -0.25) is 4.90 Å². The number of thiol groups is 1. The summed E-state index contributed by atoms with van der Waals surface area (Å²) in [6, 6.07) is 14.6. The summed E-state index contributed by atoms with van der Waals surface area (Å²) < 4.78 is 0. The van der Waals surface area contributed by atoms with Crippen molar-refractivity contribution in [2.24, 2.45) is 0 Å². The van der Waals surface area contributed by atoms with Crippen molar-refractivity contribution in [2.45, 2.75) is 18.2 Å². The largest absolute Gasteiger partial charge is 0.384 e. The second-order valence-electron chi connectivity index (χ2n) is 6.61. The summed E-state index contributed by atoms with van der Waals surface area (Å²) in [5, 5.41) is 4.17. The Morgan fingerprint density at radius 3 is 2.44 bits per heavy atom. The van der Waals surface area contributed by atoms with Gasteiger partial charge in [-0.1, -0.05) is 29.3 Å². The first-order valence-electron chi connectivity index (χ1n) is 8.88. The molecule has 0 amide bonds. The third-order valence-corrected chi connectivity index (χ3v) is 5.30. The summed E-state index contributed by atoms with van der Waals surface area (Å²) >= 11 is 10.4. The fraction of sp³-hybridized carbons (Fsp3) is 0.400. The minimum absolute atomic E-state index is 0.724. The monoisotopic (exact) mass is 375 g/mol.